The molecule has 0 aromatic carbocycles. The first-order valence-electron chi connectivity index (χ1n) is 6.24. The lowest BCUT2D eigenvalue weighted by Gasteiger charge is -2.34. The monoisotopic (exact) mass is 233 g/mol. The summed E-state index contributed by atoms with van der Waals surface area (Å²) in [6.07, 6.45) is 6.41. The number of esters is 1. The Morgan fingerprint density at radius 2 is 2.12 bits per heavy atom. The molecule has 0 radical (unpaired) electrons. The van der Waals surface area contributed by atoms with Gasteiger partial charge in [0.2, 0.25) is 0 Å². The van der Waals surface area contributed by atoms with Crippen LogP contribution in [0.25, 0.3) is 0 Å². The number of pyridine rings is 1. The number of rotatable bonds is 3. The van der Waals surface area contributed by atoms with E-state index in [0.717, 1.165) is 18.5 Å². The maximum atomic E-state index is 11.3. The van der Waals surface area contributed by atoms with Gasteiger partial charge in [0.15, 0.2) is 5.60 Å². The predicted molar refractivity (Wildman–Crippen MR) is 65.3 cm³/mol. The maximum Gasteiger partial charge on any atom is 0.303 e. The Morgan fingerprint density at radius 1 is 1.41 bits per heavy atom. The van der Waals surface area contributed by atoms with Crippen molar-refractivity contribution in [3.8, 4) is 0 Å². The van der Waals surface area contributed by atoms with E-state index in [4.69, 9.17) is 4.74 Å². The van der Waals surface area contributed by atoms with Crippen LogP contribution in [0.4, 0.5) is 0 Å². The number of carbonyl (C=O) groups excluding carboxylic acids is 1. The Balaban J connectivity index is 2.32. The lowest BCUT2D eigenvalue weighted by molar-refractivity contribution is -0.163. The fourth-order valence-corrected chi connectivity index (χ4v) is 2.78. The van der Waals surface area contributed by atoms with Gasteiger partial charge in [-0.1, -0.05) is 18.9 Å². The molecule has 1 aliphatic carbocycles. The molecule has 0 bridgehead atoms. The van der Waals surface area contributed by atoms with E-state index in [0.29, 0.717) is 5.92 Å². The molecule has 92 valence electrons. The lowest BCUT2D eigenvalue weighted by Crippen LogP contribution is -2.36. The van der Waals surface area contributed by atoms with E-state index in [-0.39, 0.29) is 5.97 Å². The minimum atomic E-state index is -0.566. The van der Waals surface area contributed by atoms with E-state index < -0.39 is 5.60 Å². The molecule has 0 aliphatic heterocycles. The summed E-state index contributed by atoms with van der Waals surface area (Å²) in [6, 6.07) is 5.77. The van der Waals surface area contributed by atoms with Gasteiger partial charge in [0, 0.05) is 19.0 Å². The molecule has 1 unspecified atom stereocenters. The Hall–Kier alpha value is -1.38. The number of hydrogen-bond acceptors (Lipinski definition) is 3. The van der Waals surface area contributed by atoms with Crippen LogP contribution in [-0.2, 0) is 15.1 Å². The molecular formula is C14H19NO2. The summed E-state index contributed by atoms with van der Waals surface area (Å²) in [7, 11) is 0. The third kappa shape index (κ3) is 2.48. The molecule has 0 spiro atoms. The molecule has 3 heteroatoms. The van der Waals surface area contributed by atoms with Crippen LogP contribution in [0, 0.1) is 5.92 Å². The highest BCUT2D eigenvalue weighted by molar-refractivity contribution is 5.66. The van der Waals surface area contributed by atoms with Gasteiger partial charge < -0.3 is 4.74 Å². The van der Waals surface area contributed by atoms with Crippen LogP contribution in [0.1, 0.15) is 45.2 Å². The molecule has 3 nitrogen and oxygen atoms in total. The number of hydrogen-bond donors (Lipinski definition) is 0. The van der Waals surface area contributed by atoms with Gasteiger partial charge in [-0.3, -0.25) is 9.78 Å². The summed E-state index contributed by atoms with van der Waals surface area (Å²) in [4.78, 5) is 15.7. The van der Waals surface area contributed by atoms with Crippen molar-refractivity contribution in [2.75, 3.05) is 0 Å². The summed E-state index contributed by atoms with van der Waals surface area (Å²) >= 11 is 0. The molecule has 0 amide bonds. The van der Waals surface area contributed by atoms with E-state index in [1.165, 1.54) is 19.8 Å². The van der Waals surface area contributed by atoms with Crippen LogP contribution in [-0.4, -0.2) is 11.0 Å². The number of ether oxygens (including phenoxy) is 1. The van der Waals surface area contributed by atoms with Gasteiger partial charge in [-0.05, 0) is 31.9 Å². The first kappa shape index (κ1) is 12.1. The van der Waals surface area contributed by atoms with Gasteiger partial charge in [-0.15, -0.1) is 0 Å². The van der Waals surface area contributed by atoms with E-state index in [1.54, 1.807) is 6.20 Å². The van der Waals surface area contributed by atoms with Gasteiger partial charge in [0.05, 0.1) is 5.69 Å². The zero-order valence-electron chi connectivity index (χ0n) is 10.5. The van der Waals surface area contributed by atoms with Crippen molar-refractivity contribution in [2.24, 2.45) is 5.92 Å². The van der Waals surface area contributed by atoms with Crippen LogP contribution >= 0.6 is 0 Å². The lowest BCUT2D eigenvalue weighted by atomic mass is 9.84. The average molecular weight is 233 g/mol. The van der Waals surface area contributed by atoms with Crippen LogP contribution in [0.2, 0.25) is 0 Å². The zero-order valence-corrected chi connectivity index (χ0v) is 10.5. The number of carbonyl (C=O) groups is 1. The highest BCUT2D eigenvalue weighted by Gasteiger charge is 2.41. The SMILES string of the molecule is CC(=O)OC(C)(c1ccccn1)C1CCCC1. The predicted octanol–water partition coefficient (Wildman–Crippen LogP) is 3.05. The largest absolute Gasteiger partial charge is 0.453 e. The minimum absolute atomic E-state index is 0.231. The first-order chi connectivity index (χ1) is 8.13. The van der Waals surface area contributed by atoms with E-state index in [1.807, 2.05) is 25.1 Å². The van der Waals surface area contributed by atoms with Crippen molar-refractivity contribution in [3.05, 3.63) is 30.1 Å². The summed E-state index contributed by atoms with van der Waals surface area (Å²) in [6.45, 7) is 3.46. The van der Waals surface area contributed by atoms with E-state index >= 15 is 0 Å². The molecule has 0 saturated heterocycles. The third-order valence-electron chi connectivity index (χ3n) is 3.66. The third-order valence-corrected chi connectivity index (χ3v) is 3.66. The van der Waals surface area contributed by atoms with Crippen molar-refractivity contribution in [1.29, 1.82) is 0 Å². The molecule has 2 rings (SSSR count). The standard InChI is InChI=1S/C14H19NO2/c1-11(16)17-14(2,12-7-3-4-8-12)13-9-5-6-10-15-13/h5-6,9-10,12H,3-4,7-8H2,1-2H3. The van der Waals surface area contributed by atoms with Crippen LogP contribution in [0.15, 0.2) is 24.4 Å². The first-order valence-corrected chi connectivity index (χ1v) is 6.24. The minimum Gasteiger partial charge on any atom is -0.453 e. The molecule has 0 N–H and O–H groups in total. The second-order valence-electron chi connectivity index (χ2n) is 4.90. The quantitative estimate of drug-likeness (QED) is 0.753. The van der Waals surface area contributed by atoms with Crippen LogP contribution in [0.3, 0.4) is 0 Å². The summed E-state index contributed by atoms with van der Waals surface area (Å²) in [5.41, 5.74) is 0.297. The molecule has 1 saturated carbocycles. The van der Waals surface area contributed by atoms with Gasteiger partial charge in [-0.25, -0.2) is 0 Å². The second-order valence-corrected chi connectivity index (χ2v) is 4.90. The number of aromatic nitrogens is 1. The van der Waals surface area contributed by atoms with Gasteiger partial charge in [0.25, 0.3) is 0 Å². The van der Waals surface area contributed by atoms with Crippen molar-refractivity contribution < 1.29 is 9.53 Å². The molecule has 1 fully saturated rings. The molecule has 1 aromatic heterocycles. The molecule has 17 heavy (non-hydrogen) atoms. The fourth-order valence-electron chi connectivity index (χ4n) is 2.78. The summed E-state index contributed by atoms with van der Waals surface area (Å²) < 4.78 is 5.61. The van der Waals surface area contributed by atoms with Crippen molar-refractivity contribution in [1.82, 2.24) is 4.98 Å². The molecule has 1 heterocycles. The Morgan fingerprint density at radius 3 is 2.65 bits per heavy atom. The molecule has 1 atom stereocenters. The van der Waals surface area contributed by atoms with E-state index in [9.17, 15) is 4.79 Å². The molecular weight excluding hydrogens is 214 g/mol. The highest BCUT2D eigenvalue weighted by atomic mass is 16.6. The van der Waals surface area contributed by atoms with Gasteiger partial charge in [0.1, 0.15) is 0 Å². The van der Waals surface area contributed by atoms with Crippen molar-refractivity contribution >= 4 is 5.97 Å². The smallest absolute Gasteiger partial charge is 0.303 e. The summed E-state index contributed by atoms with van der Waals surface area (Å²) in [5.74, 6) is 0.159. The Kier molecular flexibility index (Phi) is 3.46. The Labute approximate surface area is 102 Å². The van der Waals surface area contributed by atoms with Crippen molar-refractivity contribution in [2.45, 2.75) is 45.1 Å². The van der Waals surface area contributed by atoms with Crippen LogP contribution in [0.5, 0.6) is 0 Å². The average Bonchev–Trinajstić information content (AvgIpc) is 2.83. The maximum absolute atomic E-state index is 11.3. The zero-order chi connectivity index (χ0) is 12.3. The van der Waals surface area contributed by atoms with Gasteiger partial charge >= 0.3 is 5.97 Å². The highest BCUT2D eigenvalue weighted by Crippen LogP contribution is 2.42. The van der Waals surface area contributed by atoms with Crippen LogP contribution < -0.4 is 0 Å². The Bertz CT molecular complexity index is 384. The van der Waals surface area contributed by atoms with E-state index in [2.05, 4.69) is 4.98 Å². The topological polar surface area (TPSA) is 39.2 Å². The second kappa shape index (κ2) is 4.86. The molecule has 1 aromatic rings. The fraction of sp³-hybridized carbons (Fsp3) is 0.571. The van der Waals surface area contributed by atoms with Gasteiger partial charge in [-0.2, -0.15) is 0 Å². The molecule has 1 aliphatic rings. The van der Waals surface area contributed by atoms with Crippen molar-refractivity contribution in [3.63, 3.8) is 0 Å². The number of nitrogens with zero attached hydrogens (tertiary/aromatic N) is 1. The summed E-state index contributed by atoms with van der Waals surface area (Å²) in [5, 5.41) is 0. The normalized spacial score (nSPS) is 19.9.